The molecule has 0 radical (unpaired) electrons. The first-order chi connectivity index (χ1) is 6.59. The van der Waals surface area contributed by atoms with Gasteiger partial charge in [-0.1, -0.05) is 0 Å². The molecular weight excluding hydrogens is 320 g/mol. The van der Waals surface area contributed by atoms with Crippen LogP contribution in [0.25, 0.3) is 10.1 Å². The van der Waals surface area contributed by atoms with E-state index < -0.39 is 10.7 Å². The number of nitro benzene ring substituents is 1. The van der Waals surface area contributed by atoms with Gasteiger partial charge in [0.2, 0.25) is 0 Å². The number of fused-ring (bicyclic) bond motifs is 1. The third-order valence-electron chi connectivity index (χ3n) is 1.77. The molecule has 0 unspecified atom stereocenters. The van der Waals surface area contributed by atoms with E-state index in [2.05, 4.69) is 0 Å². The molecule has 3 nitrogen and oxygen atoms in total. The van der Waals surface area contributed by atoms with Crippen molar-refractivity contribution in [3.8, 4) is 0 Å². The van der Waals surface area contributed by atoms with Crippen LogP contribution in [0.1, 0.15) is 0 Å². The lowest BCUT2D eigenvalue weighted by molar-refractivity contribution is -0.383. The summed E-state index contributed by atoms with van der Waals surface area (Å²) in [4.78, 5) is 10.1. The Bertz CT molecular complexity index is 525. The van der Waals surface area contributed by atoms with Crippen LogP contribution in [-0.4, -0.2) is 4.92 Å². The van der Waals surface area contributed by atoms with Gasteiger partial charge in [-0.3, -0.25) is 10.1 Å². The summed E-state index contributed by atoms with van der Waals surface area (Å²) in [5, 5.41) is 13.0. The third-order valence-corrected chi connectivity index (χ3v) is 4.10. The normalized spacial score (nSPS) is 10.7. The van der Waals surface area contributed by atoms with Crippen LogP contribution in [0.4, 0.5) is 10.1 Å². The number of nitro groups is 1. The SMILES string of the molecule is O=[N+]([O-])c1cc(F)cc2c(I)csc12. The van der Waals surface area contributed by atoms with E-state index in [0.717, 1.165) is 9.64 Å². The first kappa shape index (κ1) is 9.78. The van der Waals surface area contributed by atoms with E-state index >= 15 is 0 Å². The molecule has 0 aliphatic carbocycles. The standard InChI is InChI=1S/C8H3FINO2S/c9-4-1-5-6(10)3-14-8(5)7(2-4)11(12)13/h1-3H. The maximum Gasteiger partial charge on any atom is 0.290 e. The van der Waals surface area contributed by atoms with Gasteiger partial charge in [0.05, 0.1) is 11.0 Å². The van der Waals surface area contributed by atoms with Crippen LogP contribution in [0.5, 0.6) is 0 Å². The molecule has 72 valence electrons. The lowest BCUT2D eigenvalue weighted by Crippen LogP contribution is -1.89. The second-order valence-electron chi connectivity index (χ2n) is 2.64. The Kier molecular flexibility index (Phi) is 2.40. The third kappa shape index (κ3) is 1.48. The van der Waals surface area contributed by atoms with Crippen molar-refractivity contribution < 1.29 is 9.31 Å². The quantitative estimate of drug-likeness (QED) is 0.458. The van der Waals surface area contributed by atoms with Crippen molar-refractivity contribution in [1.82, 2.24) is 0 Å². The van der Waals surface area contributed by atoms with E-state index in [9.17, 15) is 14.5 Å². The fourth-order valence-electron chi connectivity index (χ4n) is 1.19. The Morgan fingerprint density at radius 3 is 2.86 bits per heavy atom. The monoisotopic (exact) mass is 323 g/mol. The molecule has 0 saturated heterocycles. The fourth-order valence-corrected chi connectivity index (χ4v) is 3.08. The minimum atomic E-state index is -0.569. The molecule has 2 rings (SSSR count). The van der Waals surface area contributed by atoms with Gasteiger partial charge in [0.1, 0.15) is 10.5 Å². The summed E-state index contributed by atoms with van der Waals surface area (Å²) in [6.45, 7) is 0. The van der Waals surface area contributed by atoms with Gasteiger partial charge in [0.25, 0.3) is 5.69 Å². The second-order valence-corrected chi connectivity index (χ2v) is 4.68. The maximum atomic E-state index is 13.0. The van der Waals surface area contributed by atoms with Gasteiger partial charge in [-0.15, -0.1) is 11.3 Å². The summed E-state index contributed by atoms with van der Waals surface area (Å²) in [5.74, 6) is -0.569. The zero-order chi connectivity index (χ0) is 10.3. The Labute approximate surface area is 95.8 Å². The van der Waals surface area contributed by atoms with Gasteiger partial charge in [-0.2, -0.15) is 0 Å². The molecule has 1 heterocycles. The van der Waals surface area contributed by atoms with Gasteiger partial charge in [-0.05, 0) is 28.7 Å². The van der Waals surface area contributed by atoms with Crippen LogP contribution in [0.15, 0.2) is 17.5 Å². The van der Waals surface area contributed by atoms with E-state index in [1.807, 2.05) is 22.6 Å². The molecule has 1 aromatic carbocycles. The zero-order valence-electron chi connectivity index (χ0n) is 6.66. The van der Waals surface area contributed by atoms with Crippen LogP contribution >= 0.6 is 33.9 Å². The number of hydrogen-bond donors (Lipinski definition) is 0. The van der Waals surface area contributed by atoms with E-state index in [-0.39, 0.29) is 5.69 Å². The number of halogens is 2. The van der Waals surface area contributed by atoms with Gasteiger partial charge in [0, 0.05) is 14.3 Å². The molecule has 6 heteroatoms. The fraction of sp³-hybridized carbons (Fsp3) is 0. The summed E-state index contributed by atoms with van der Waals surface area (Å²) in [6, 6.07) is 2.27. The predicted octanol–water partition coefficient (Wildman–Crippen LogP) is 3.55. The highest BCUT2D eigenvalue weighted by Gasteiger charge is 2.16. The molecule has 1 aromatic heterocycles. The van der Waals surface area contributed by atoms with Gasteiger partial charge in [0.15, 0.2) is 0 Å². The topological polar surface area (TPSA) is 43.1 Å². The van der Waals surface area contributed by atoms with Crippen molar-refractivity contribution in [2.24, 2.45) is 0 Å². The van der Waals surface area contributed by atoms with Crippen LogP contribution in [0, 0.1) is 19.5 Å². The lowest BCUT2D eigenvalue weighted by Gasteiger charge is -1.94. The number of nitrogens with zero attached hydrogens (tertiary/aromatic N) is 1. The van der Waals surface area contributed by atoms with Crippen LogP contribution in [0.3, 0.4) is 0 Å². The minimum Gasteiger partial charge on any atom is -0.258 e. The smallest absolute Gasteiger partial charge is 0.258 e. The predicted molar refractivity (Wildman–Crippen MR) is 61.2 cm³/mol. The summed E-state index contributed by atoms with van der Waals surface area (Å²) >= 11 is 3.29. The van der Waals surface area contributed by atoms with Gasteiger partial charge in [-0.25, -0.2) is 4.39 Å². The Balaban J connectivity index is 2.88. The molecule has 0 fully saturated rings. The largest absolute Gasteiger partial charge is 0.290 e. The number of thiophene rings is 1. The minimum absolute atomic E-state index is 0.159. The number of rotatable bonds is 1. The van der Waals surface area contributed by atoms with Gasteiger partial charge >= 0.3 is 0 Å². The number of benzene rings is 1. The van der Waals surface area contributed by atoms with E-state index in [1.165, 1.54) is 17.4 Å². The Hall–Kier alpha value is -0.760. The van der Waals surface area contributed by atoms with E-state index in [4.69, 9.17) is 0 Å². The van der Waals surface area contributed by atoms with E-state index in [1.54, 1.807) is 5.38 Å². The summed E-state index contributed by atoms with van der Waals surface area (Å²) in [5.41, 5.74) is -0.159. The molecule has 0 bridgehead atoms. The molecule has 2 aromatic rings. The maximum absolute atomic E-state index is 13.0. The second kappa shape index (κ2) is 3.43. The molecule has 0 aliphatic rings. The Morgan fingerprint density at radius 2 is 2.21 bits per heavy atom. The highest BCUT2D eigenvalue weighted by Crippen LogP contribution is 2.35. The van der Waals surface area contributed by atoms with Crippen molar-refractivity contribution in [2.75, 3.05) is 0 Å². The van der Waals surface area contributed by atoms with Crippen molar-refractivity contribution >= 4 is 49.7 Å². The summed E-state index contributed by atoms with van der Waals surface area (Å²) < 4.78 is 14.4. The summed E-state index contributed by atoms with van der Waals surface area (Å²) in [6.07, 6.45) is 0. The molecule has 0 saturated carbocycles. The molecule has 14 heavy (non-hydrogen) atoms. The van der Waals surface area contributed by atoms with Crippen LogP contribution in [-0.2, 0) is 0 Å². The molecule has 0 spiro atoms. The molecule has 0 atom stereocenters. The van der Waals surface area contributed by atoms with Crippen molar-refractivity contribution in [3.63, 3.8) is 0 Å². The molecular formula is C8H3FINO2S. The molecule has 0 amide bonds. The summed E-state index contributed by atoms with van der Waals surface area (Å²) in [7, 11) is 0. The van der Waals surface area contributed by atoms with Crippen molar-refractivity contribution in [3.05, 3.63) is 37.0 Å². The zero-order valence-corrected chi connectivity index (χ0v) is 9.63. The van der Waals surface area contributed by atoms with Gasteiger partial charge < -0.3 is 0 Å². The van der Waals surface area contributed by atoms with Crippen LogP contribution in [0.2, 0.25) is 0 Å². The Morgan fingerprint density at radius 1 is 1.50 bits per heavy atom. The average Bonchev–Trinajstić information content (AvgIpc) is 2.47. The molecule has 0 aliphatic heterocycles. The van der Waals surface area contributed by atoms with Crippen LogP contribution < -0.4 is 0 Å². The lowest BCUT2D eigenvalue weighted by atomic mass is 10.2. The molecule has 0 N–H and O–H groups in total. The first-order valence-electron chi connectivity index (χ1n) is 3.60. The van der Waals surface area contributed by atoms with Crippen molar-refractivity contribution in [2.45, 2.75) is 0 Å². The average molecular weight is 323 g/mol. The number of non-ortho nitro benzene ring substituents is 1. The first-order valence-corrected chi connectivity index (χ1v) is 5.56. The van der Waals surface area contributed by atoms with E-state index in [0.29, 0.717) is 10.1 Å². The highest BCUT2D eigenvalue weighted by molar-refractivity contribution is 14.1. The number of hydrogen-bond acceptors (Lipinski definition) is 3. The highest BCUT2D eigenvalue weighted by atomic mass is 127. The van der Waals surface area contributed by atoms with Crippen molar-refractivity contribution in [1.29, 1.82) is 0 Å².